The Bertz CT molecular complexity index is 758. The van der Waals surface area contributed by atoms with Crippen LogP contribution in [0.1, 0.15) is 12.0 Å². The molecule has 2 aromatic rings. The van der Waals surface area contributed by atoms with Crippen LogP contribution in [-0.2, 0) is 9.59 Å². The maximum atomic E-state index is 12.6. The molecule has 1 saturated heterocycles. The topological polar surface area (TPSA) is 49.4 Å². The number of thioether (sulfide) groups is 1. The third-order valence-corrected chi connectivity index (χ3v) is 5.00. The van der Waals surface area contributed by atoms with E-state index in [-0.39, 0.29) is 24.2 Å². The Morgan fingerprint density at radius 1 is 1.17 bits per heavy atom. The van der Waals surface area contributed by atoms with Crippen molar-refractivity contribution < 1.29 is 9.59 Å². The van der Waals surface area contributed by atoms with E-state index in [9.17, 15) is 9.59 Å². The maximum absolute atomic E-state index is 12.6. The lowest BCUT2D eigenvalue weighted by Gasteiger charge is -2.17. The molecule has 0 aliphatic carbocycles. The summed E-state index contributed by atoms with van der Waals surface area (Å²) >= 11 is 1.59. The summed E-state index contributed by atoms with van der Waals surface area (Å²) in [5.74, 6) is -0.426. The Morgan fingerprint density at radius 2 is 1.88 bits per heavy atom. The highest BCUT2D eigenvalue weighted by Gasteiger charge is 2.35. The van der Waals surface area contributed by atoms with Gasteiger partial charge in [-0.1, -0.05) is 29.8 Å². The van der Waals surface area contributed by atoms with Gasteiger partial charge in [-0.15, -0.1) is 11.8 Å². The van der Waals surface area contributed by atoms with Gasteiger partial charge in [-0.05, 0) is 37.4 Å². The number of anilines is 2. The molecule has 24 heavy (non-hydrogen) atoms. The van der Waals surface area contributed by atoms with Crippen molar-refractivity contribution in [3.05, 3.63) is 54.1 Å². The lowest BCUT2D eigenvalue weighted by atomic mass is 10.1. The summed E-state index contributed by atoms with van der Waals surface area (Å²) < 4.78 is 0. The number of carbonyl (C=O) groups is 2. The van der Waals surface area contributed by atoms with Crippen LogP contribution < -0.4 is 10.2 Å². The predicted octanol–water partition coefficient (Wildman–Crippen LogP) is 3.71. The number of rotatable bonds is 4. The van der Waals surface area contributed by atoms with Gasteiger partial charge in [0.1, 0.15) is 0 Å². The van der Waals surface area contributed by atoms with Crippen LogP contribution in [0, 0.1) is 12.8 Å². The molecule has 1 aliphatic rings. The van der Waals surface area contributed by atoms with Crippen LogP contribution in [0.5, 0.6) is 0 Å². The molecule has 0 aromatic heterocycles. The molecular formula is C19H20N2O2S. The monoisotopic (exact) mass is 340 g/mol. The van der Waals surface area contributed by atoms with Crippen LogP contribution in [0.3, 0.4) is 0 Å². The molecule has 4 nitrogen and oxygen atoms in total. The molecule has 0 saturated carbocycles. The predicted molar refractivity (Wildman–Crippen MR) is 98.5 cm³/mol. The zero-order valence-electron chi connectivity index (χ0n) is 13.8. The van der Waals surface area contributed by atoms with Crippen LogP contribution in [0.15, 0.2) is 53.4 Å². The molecule has 124 valence electrons. The van der Waals surface area contributed by atoms with E-state index in [4.69, 9.17) is 0 Å². The van der Waals surface area contributed by atoms with Crippen molar-refractivity contribution in [2.24, 2.45) is 5.92 Å². The molecule has 2 aromatic carbocycles. The fraction of sp³-hybridized carbons (Fsp3) is 0.263. The molecule has 0 radical (unpaired) electrons. The van der Waals surface area contributed by atoms with E-state index in [0.29, 0.717) is 6.54 Å². The number of hydrogen-bond donors (Lipinski definition) is 1. The molecule has 5 heteroatoms. The summed E-state index contributed by atoms with van der Waals surface area (Å²) in [5, 5.41) is 2.97. The number of aryl methyl sites for hydroxylation is 1. The van der Waals surface area contributed by atoms with E-state index in [1.807, 2.05) is 61.7 Å². The molecular weight excluding hydrogens is 320 g/mol. The maximum Gasteiger partial charge on any atom is 0.229 e. The van der Waals surface area contributed by atoms with Gasteiger partial charge in [-0.2, -0.15) is 0 Å². The summed E-state index contributed by atoms with van der Waals surface area (Å²) in [4.78, 5) is 27.6. The van der Waals surface area contributed by atoms with Crippen LogP contribution in [0.4, 0.5) is 11.4 Å². The second kappa shape index (κ2) is 7.09. The molecule has 3 rings (SSSR count). The van der Waals surface area contributed by atoms with Gasteiger partial charge in [-0.25, -0.2) is 0 Å². The highest BCUT2D eigenvalue weighted by molar-refractivity contribution is 7.98. The Labute approximate surface area is 146 Å². The Morgan fingerprint density at radius 3 is 2.58 bits per heavy atom. The summed E-state index contributed by atoms with van der Waals surface area (Å²) in [5.41, 5.74) is 2.80. The number of nitrogens with zero attached hydrogens (tertiary/aromatic N) is 1. The largest absolute Gasteiger partial charge is 0.325 e. The summed E-state index contributed by atoms with van der Waals surface area (Å²) in [6.07, 6.45) is 2.23. The SMILES string of the molecule is CSc1ccccc1NC(=O)C1CC(=O)N(c2ccc(C)cc2)C1. The lowest BCUT2D eigenvalue weighted by Crippen LogP contribution is -2.28. The van der Waals surface area contributed by atoms with Crippen molar-refractivity contribution in [2.75, 3.05) is 23.0 Å². The molecule has 0 spiro atoms. The number of benzene rings is 2. The van der Waals surface area contributed by atoms with E-state index in [1.165, 1.54) is 0 Å². The van der Waals surface area contributed by atoms with Gasteiger partial charge in [0.2, 0.25) is 11.8 Å². The minimum Gasteiger partial charge on any atom is -0.325 e. The third kappa shape index (κ3) is 3.46. The molecule has 1 atom stereocenters. The number of nitrogens with one attached hydrogen (secondary N) is 1. The van der Waals surface area contributed by atoms with Crippen LogP contribution in [-0.4, -0.2) is 24.6 Å². The summed E-state index contributed by atoms with van der Waals surface area (Å²) in [6.45, 7) is 2.43. The van der Waals surface area contributed by atoms with Crippen molar-refractivity contribution in [3.63, 3.8) is 0 Å². The van der Waals surface area contributed by atoms with Gasteiger partial charge in [0.15, 0.2) is 0 Å². The smallest absolute Gasteiger partial charge is 0.229 e. The van der Waals surface area contributed by atoms with Gasteiger partial charge < -0.3 is 10.2 Å². The minimum atomic E-state index is -0.325. The van der Waals surface area contributed by atoms with E-state index in [2.05, 4.69) is 5.32 Å². The molecule has 1 heterocycles. The number of para-hydroxylation sites is 1. The Kier molecular flexibility index (Phi) is 4.90. The van der Waals surface area contributed by atoms with Gasteiger partial charge in [-0.3, -0.25) is 9.59 Å². The third-order valence-electron chi connectivity index (χ3n) is 4.21. The number of hydrogen-bond acceptors (Lipinski definition) is 3. The average molecular weight is 340 g/mol. The van der Waals surface area contributed by atoms with Crippen molar-refractivity contribution >= 4 is 35.0 Å². The van der Waals surface area contributed by atoms with Crippen molar-refractivity contribution in [3.8, 4) is 0 Å². The first-order valence-electron chi connectivity index (χ1n) is 7.89. The van der Waals surface area contributed by atoms with E-state index >= 15 is 0 Å². The molecule has 1 unspecified atom stereocenters. The number of amides is 2. The first kappa shape index (κ1) is 16.6. The lowest BCUT2D eigenvalue weighted by molar-refractivity contribution is -0.122. The molecule has 1 fully saturated rings. The van der Waals surface area contributed by atoms with Crippen molar-refractivity contribution in [1.29, 1.82) is 0 Å². The van der Waals surface area contributed by atoms with Crippen LogP contribution in [0.2, 0.25) is 0 Å². The highest BCUT2D eigenvalue weighted by Crippen LogP contribution is 2.28. The van der Waals surface area contributed by atoms with E-state index < -0.39 is 0 Å². The second-order valence-corrected chi connectivity index (χ2v) is 6.78. The normalized spacial score (nSPS) is 17.2. The first-order chi connectivity index (χ1) is 11.6. The molecule has 2 amide bonds. The quantitative estimate of drug-likeness (QED) is 0.863. The number of carbonyl (C=O) groups excluding carboxylic acids is 2. The Hall–Kier alpha value is -2.27. The van der Waals surface area contributed by atoms with Crippen LogP contribution >= 0.6 is 11.8 Å². The standard InChI is InChI=1S/C19H20N2O2S/c1-13-7-9-15(10-8-13)21-12-14(11-18(21)22)19(23)20-16-5-3-4-6-17(16)24-2/h3-10,14H,11-12H2,1-2H3,(H,20,23). The zero-order chi connectivity index (χ0) is 17.1. The van der Waals surface area contributed by atoms with Crippen LogP contribution in [0.25, 0.3) is 0 Å². The summed E-state index contributed by atoms with van der Waals surface area (Å²) in [6, 6.07) is 15.5. The molecule has 0 bridgehead atoms. The fourth-order valence-corrected chi connectivity index (χ4v) is 3.39. The van der Waals surface area contributed by atoms with Gasteiger partial charge in [0.25, 0.3) is 0 Å². The Balaban J connectivity index is 1.71. The first-order valence-corrected chi connectivity index (χ1v) is 9.12. The summed E-state index contributed by atoms with van der Waals surface area (Å²) in [7, 11) is 0. The fourth-order valence-electron chi connectivity index (χ4n) is 2.84. The van der Waals surface area contributed by atoms with Gasteiger partial charge in [0.05, 0.1) is 11.6 Å². The van der Waals surface area contributed by atoms with E-state index in [1.54, 1.807) is 16.7 Å². The van der Waals surface area contributed by atoms with Crippen molar-refractivity contribution in [1.82, 2.24) is 0 Å². The van der Waals surface area contributed by atoms with Gasteiger partial charge >= 0.3 is 0 Å². The average Bonchev–Trinajstić information content (AvgIpc) is 2.98. The minimum absolute atomic E-state index is 0.00263. The van der Waals surface area contributed by atoms with Gasteiger partial charge in [0, 0.05) is 23.5 Å². The second-order valence-electron chi connectivity index (χ2n) is 5.93. The highest BCUT2D eigenvalue weighted by atomic mass is 32.2. The van der Waals surface area contributed by atoms with Crippen molar-refractivity contribution in [2.45, 2.75) is 18.2 Å². The zero-order valence-corrected chi connectivity index (χ0v) is 14.6. The molecule has 1 N–H and O–H groups in total. The molecule has 1 aliphatic heterocycles. The van der Waals surface area contributed by atoms with E-state index in [0.717, 1.165) is 21.8 Å².